The Morgan fingerprint density at radius 3 is 2.45 bits per heavy atom. The van der Waals surface area contributed by atoms with Gasteiger partial charge in [-0.05, 0) is 24.5 Å². The van der Waals surface area contributed by atoms with Crippen molar-refractivity contribution < 1.29 is 13.2 Å². The molecule has 3 aromatic heterocycles. The second kappa shape index (κ2) is 7.38. The minimum absolute atomic E-state index is 0.108. The van der Waals surface area contributed by atoms with Crippen LogP contribution in [0.15, 0.2) is 23.8 Å². The zero-order chi connectivity index (χ0) is 22.7. The van der Waals surface area contributed by atoms with E-state index >= 15 is 0 Å². The number of aryl methyl sites for hydroxylation is 1. The van der Waals surface area contributed by atoms with Crippen molar-refractivity contribution in [2.24, 2.45) is 7.05 Å². The van der Waals surface area contributed by atoms with Crippen LogP contribution in [0.4, 0.5) is 13.2 Å². The van der Waals surface area contributed by atoms with Gasteiger partial charge >= 0.3 is 6.18 Å². The Kier molecular flexibility index (Phi) is 5.21. The Bertz CT molecular complexity index is 1240. The summed E-state index contributed by atoms with van der Waals surface area (Å²) in [5.74, 6) is 0.394. The van der Waals surface area contributed by atoms with E-state index in [1.807, 2.05) is 20.8 Å². The van der Waals surface area contributed by atoms with Crippen LogP contribution >= 0.6 is 23.2 Å². The first-order chi connectivity index (χ1) is 14.4. The summed E-state index contributed by atoms with van der Waals surface area (Å²) in [6.45, 7) is 6.00. The number of fused-ring (bicyclic) bond motifs is 1. The van der Waals surface area contributed by atoms with Crippen molar-refractivity contribution in [3.63, 3.8) is 0 Å². The van der Waals surface area contributed by atoms with Crippen molar-refractivity contribution in [3.8, 4) is 11.5 Å². The number of imidazole rings is 1. The highest BCUT2D eigenvalue weighted by Gasteiger charge is 2.36. The normalized spacial score (nSPS) is 15.4. The molecule has 0 aliphatic heterocycles. The van der Waals surface area contributed by atoms with E-state index < -0.39 is 11.7 Å². The van der Waals surface area contributed by atoms with Crippen molar-refractivity contribution in [1.82, 2.24) is 24.7 Å². The number of pyridine rings is 1. The van der Waals surface area contributed by atoms with E-state index in [2.05, 4.69) is 20.1 Å². The molecule has 0 bridgehead atoms. The van der Waals surface area contributed by atoms with Crippen LogP contribution in [0.1, 0.15) is 45.0 Å². The maximum Gasteiger partial charge on any atom is 0.416 e. The molecule has 3 heterocycles. The molecule has 164 valence electrons. The molecule has 3 aromatic rings. The Labute approximate surface area is 187 Å². The summed E-state index contributed by atoms with van der Waals surface area (Å²) in [7, 11) is 1.75. The number of alkyl halides is 3. The first-order valence-electron chi connectivity index (χ1n) is 9.64. The number of aromatic amines is 1. The van der Waals surface area contributed by atoms with E-state index in [1.165, 1.54) is 12.1 Å². The van der Waals surface area contributed by atoms with Gasteiger partial charge in [0.2, 0.25) is 0 Å². The van der Waals surface area contributed by atoms with Crippen molar-refractivity contribution in [1.29, 1.82) is 0 Å². The summed E-state index contributed by atoms with van der Waals surface area (Å²) in [6.07, 6.45) is -1.15. The van der Waals surface area contributed by atoms with Gasteiger partial charge < -0.3 is 4.98 Å². The Balaban J connectivity index is 1.88. The van der Waals surface area contributed by atoms with E-state index in [1.54, 1.807) is 11.7 Å². The number of H-pyrrole nitrogens is 1. The third-order valence-electron chi connectivity index (χ3n) is 5.12. The molecule has 0 fully saturated rings. The fourth-order valence-electron chi connectivity index (χ4n) is 3.65. The average molecular weight is 470 g/mol. The topological polar surface area (TPSA) is 59.4 Å². The van der Waals surface area contributed by atoms with Gasteiger partial charge in [-0.2, -0.15) is 18.3 Å². The van der Waals surface area contributed by atoms with Crippen molar-refractivity contribution in [3.05, 3.63) is 45.2 Å². The fourth-order valence-corrected chi connectivity index (χ4v) is 4.42. The van der Waals surface area contributed by atoms with Crippen LogP contribution in [-0.2, 0) is 12.5 Å². The summed E-state index contributed by atoms with van der Waals surface area (Å²) in [5.41, 5.74) is 1.19. The molecule has 0 aromatic carbocycles. The second-order valence-electron chi connectivity index (χ2n) is 8.49. The summed E-state index contributed by atoms with van der Waals surface area (Å²) in [5, 5.41) is 5.19. The highest BCUT2D eigenvalue weighted by molar-refractivity contribution is 6.35. The molecule has 0 saturated carbocycles. The lowest BCUT2D eigenvalue weighted by molar-refractivity contribution is -0.0879. The molecule has 1 N–H and O–H groups in total. The number of nitrogens with zero attached hydrogens (tertiary/aromatic N) is 4. The molecule has 5 nitrogen and oxygen atoms in total. The van der Waals surface area contributed by atoms with E-state index in [0.29, 0.717) is 34.2 Å². The minimum Gasteiger partial charge on any atom is -0.334 e. The summed E-state index contributed by atoms with van der Waals surface area (Å²) < 4.78 is 42.1. The van der Waals surface area contributed by atoms with Gasteiger partial charge in [0.25, 0.3) is 0 Å². The molecule has 0 saturated heterocycles. The molecule has 0 amide bonds. The van der Waals surface area contributed by atoms with Crippen LogP contribution in [0.3, 0.4) is 0 Å². The van der Waals surface area contributed by atoms with Crippen molar-refractivity contribution >= 4 is 39.9 Å². The van der Waals surface area contributed by atoms with Crippen LogP contribution in [-0.4, -0.2) is 30.9 Å². The lowest BCUT2D eigenvalue weighted by atomic mass is 9.92. The van der Waals surface area contributed by atoms with Crippen LogP contribution in [0.25, 0.3) is 28.3 Å². The molecule has 0 atom stereocenters. The zero-order valence-electron chi connectivity index (χ0n) is 17.3. The summed E-state index contributed by atoms with van der Waals surface area (Å²) in [6, 6.07) is 1.44. The second-order valence-corrected chi connectivity index (χ2v) is 9.27. The SMILES string of the molecule is Cn1nc(C(C)(C)C)c(Cl)c1-c1nc2nc(C3=C(C(F)(F)F)C=CCC3)cc(Cl)c2[nH]1. The minimum atomic E-state index is -4.47. The predicted octanol–water partition coefficient (Wildman–Crippen LogP) is 6.63. The summed E-state index contributed by atoms with van der Waals surface area (Å²) in [4.78, 5) is 12.0. The standard InChI is InChI=1S/C21H20Cl2F3N5/c1-20(2,3)17-14(23)16(31(4)30-17)19-28-15-12(22)9-13(27-18(15)29-19)10-7-5-6-8-11(10)21(24,25)26/h6,8-9H,5,7H2,1-4H3,(H,27,28,29). The van der Waals surface area contributed by atoms with Gasteiger partial charge in [-0.15, -0.1) is 0 Å². The predicted molar refractivity (Wildman–Crippen MR) is 116 cm³/mol. The van der Waals surface area contributed by atoms with Gasteiger partial charge in [-0.1, -0.05) is 56.1 Å². The van der Waals surface area contributed by atoms with E-state index in [-0.39, 0.29) is 33.8 Å². The molecule has 4 rings (SSSR count). The lowest BCUT2D eigenvalue weighted by Gasteiger charge is -2.18. The molecular weight excluding hydrogens is 450 g/mol. The summed E-state index contributed by atoms with van der Waals surface area (Å²) >= 11 is 13.0. The first kappa shape index (κ1) is 21.9. The molecule has 0 unspecified atom stereocenters. The average Bonchev–Trinajstić information content (AvgIpc) is 3.21. The first-order valence-corrected chi connectivity index (χ1v) is 10.4. The Morgan fingerprint density at radius 1 is 1.13 bits per heavy atom. The van der Waals surface area contributed by atoms with Gasteiger partial charge in [0.15, 0.2) is 11.5 Å². The number of hydrogen-bond donors (Lipinski definition) is 1. The van der Waals surface area contributed by atoms with Crippen molar-refractivity contribution in [2.75, 3.05) is 0 Å². The number of halogens is 5. The number of aromatic nitrogens is 5. The van der Waals surface area contributed by atoms with Crippen molar-refractivity contribution in [2.45, 2.75) is 45.2 Å². The van der Waals surface area contributed by atoms with Crippen LogP contribution in [0, 0.1) is 0 Å². The quantitative estimate of drug-likeness (QED) is 0.458. The number of allylic oxidation sites excluding steroid dienone is 4. The Morgan fingerprint density at radius 2 is 1.84 bits per heavy atom. The monoisotopic (exact) mass is 469 g/mol. The number of hydrogen-bond acceptors (Lipinski definition) is 3. The van der Waals surface area contributed by atoms with E-state index in [0.717, 1.165) is 6.08 Å². The third kappa shape index (κ3) is 3.87. The highest BCUT2D eigenvalue weighted by atomic mass is 35.5. The van der Waals surface area contributed by atoms with Gasteiger partial charge in [-0.3, -0.25) is 4.68 Å². The molecular formula is C21H20Cl2F3N5. The Hall–Kier alpha value is -2.32. The molecule has 1 aliphatic rings. The van der Waals surface area contributed by atoms with Gasteiger partial charge in [0.1, 0.15) is 11.2 Å². The molecule has 10 heteroatoms. The van der Waals surface area contributed by atoms with Crippen LogP contribution < -0.4 is 0 Å². The van der Waals surface area contributed by atoms with Gasteiger partial charge in [-0.25, -0.2) is 9.97 Å². The van der Waals surface area contributed by atoms with E-state index in [9.17, 15) is 13.2 Å². The fraction of sp³-hybridized carbons (Fsp3) is 0.381. The number of rotatable bonds is 2. The maximum atomic E-state index is 13.5. The van der Waals surface area contributed by atoms with E-state index in [4.69, 9.17) is 23.2 Å². The third-order valence-corrected chi connectivity index (χ3v) is 5.78. The number of nitrogens with one attached hydrogen (secondary N) is 1. The zero-order valence-corrected chi connectivity index (χ0v) is 18.8. The molecule has 1 aliphatic carbocycles. The lowest BCUT2D eigenvalue weighted by Crippen LogP contribution is -2.14. The van der Waals surface area contributed by atoms with Crippen LogP contribution in [0.2, 0.25) is 10.0 Å². The smallest absolute Gasteiger partial charge is 0.334 e. The highest BCUT2D eigenvalue weighted by Crippen LogP contribution is 2.40. The molecule has 0 spiro atoms. The van der Waals surface area contributed by atoms with Gasteiger partial charge in [0.05, 0.1) is 27.0 Å². The largest absolute Gasteiger partial charge is 0.416 e. The van der Waals surface area contributed by atoms with Gasteiger partial charge in [0, 0.05) is 12.5 Å². The molecule has 0 radical (unpaired) electrons. The molecule has 31 heavy (non-hydrogen) atoms. The maximum absolute atomic E-state index is 13.5. The van der Waals surface area contributed by atoms with Crippen LogP contribution in [0.5, 0.6) is 0 Å².